The second kappa shape index (κ2) is 6.95. The zero-order valence-electron chi connectivity index (χ0n) is 14.2. The Kier molecular flexibility index (Phi) is 4.74. The topological polar surface area (TPSA) is 67.3 Å². The third kappa shape index (κ3) is 3.09. The van der Waals surface area contributed by atoms with Crippen molar-refractivity contribution < 1.29 is 9.53 Å². The lowest BCUT2D eigenvalue weighted by atomic mass is 9.98. The number of rotatable bonds is 4. The third-order valence-electron chi connectivity index (χ3n) is 4.45. The number of benzene rings is 1. The van der Waals surface area contributed by atoms with Gasteiger partial charge in [-0.3, -0.25) is 4.57 Å². The summed E-state index contributed by atoms with van der Waals surface area (Å²) >= 11 is 0. The summed E-state index contributed by atoms with van der Waals surface area (Å²) in [5.41, 5.74) is 3.84. The van der Waals surface area contributed by atoms with E-state index in [4.69, 9.17) is 4.74 Å². The van der Waals surface area contributed by atoms with Gasteiger partial charge in [0.05, 0.1) is 17.6 Å². The summed E-state index contributed by atoms with van der Waals surface area (Å²) in [7, 11) is 1.77. The summed E-state index contributed by atoms with van der Waals surface area (Å²) in [4.78, 5) is 28.4. The van der Waals surface area contributed by atoms with Gasteiger partial charge in [-0.15, -0.1) is 0 Å². The normalized spacial score (nSPS) is 14.8. The summed E-state index contributed by atoms with van der Waals surface area (Å²) < 4.78 is 6.90. The molecule has 24 heavy (non-hydrogen) atoms. The van der Waals surface area contributed by atoms with Crippen LogP contribution in [0.15, 0.2) is 29.1 Å². The molecule has 3 rings (SSSR count). The maximum Gasteiger partial charge on any atom is 0.410 e. The van der Waals surface area contributed by atoms with E-state index in [2.05, 4.69) is 18.0 Å². The van der Waals surface area contributed by atoms with Gasteiger partial charge in [-0.05, 0) is 24.5 Å². The first-order valence-electron chi connectivity index (χ1n) is 8.40. The molecule has 0 bridgehead atoms. The van der Waals surface area contributed by atoms with Crippen LogP contribution < -0.4 is 5.69 Å². The van der Waals surface area contributed by atoms with Gasteiger partial charge < -0.3 is 14.6 Å². The molecule has 0 atom stereocenters. The zero-order valence-corrected chi connectivity index (χ0v) is 14.2. The van der Waals surface area contributed by atoms with E-state index in [1.165, 1.54) is 0 Å². The average molecular weight is 329 g/mol. The lowest BCUT2D eigenvalue weighted by Gasteiger charge is -2.26. The molecule has 0 unspecified atom stereocenters. The van der Waals surface area contributed by atoms with Crippen molar-refractivity contribution in [1.82, 2.24) is 14.5 Å². The molecule has 6 heteroatoms. The molecule has 128 valence electrons. The number of para-hydroxylation sites is 1. The highest BCUT2D eigenvalue weighted by atomic mass is 16.6. The Morgan fingerprint density at radius 1 is 1.38 bits per heavy atom. The monoisotopic (exact) mass is 329 g/mol. The Hall–Kier alpha value is -2.50. The Balaban J connectivity index is 1.78. The fraction of sp³-hybridized carbons (Fsp3) is 0.444. The second-order valence-corrected chi connectivity index (χ2v) is 6.08. The first-order valence-corrected chi connectivity index (χ1v) is 8.40. The van der Waals surface area contributed by atoms with Gasteiger partial charge in [-0.2, -0.15) is 0 Å². The molecule has 1 amide bonds. The quantitative estimate of drug-likeness (QED) is 0.877. The predicted molar refractivity (Wildman–Crippen MR) is 94.0 cm³/mol. The molecule has 6 nitrogen and oxygen atoms in total. The molecule has 1 aliphatic heterocycles. The molecular formula is C18H23N3O3. The van der Waals surface area contributed by atoms with E-state index in [9.17, 15) is 9.59 Å². The molecule has 1 aromatic carbocycles. The van der Waals surface area contributed by atoms with E-state index >= 15 is 0 Å². The van der Waals surface area contributed by atoms with E-state index < -0.39 is 0 Å². The van der Waals surface area contributed by atoms with Crippen LogP contribution >= 0.6 is 0 Å². The third-order valence-corrected chi connectivity index (χ3v) is 4.45. The van der Waals surface area contributed by atoms with Crippen LogP contribution in [0.2, 0.25) is 0 Å². The van der Waals surface area contributed by atoms with Gasteiger partial charge in [0.15, 0.2) is 0 Å². The van der Waals surface area contributed by atoms with Crippen molar-refractivity contribution in [2.24, 2.45) is 7.05 Å². The van der Waals surface area contributed by atoms with Crippen LogP contribution in [0.4, 0.5) is 4.79 Å². The number of aromatic amines is 1. The van der Waals surface area contributed by atoms with E-state index in [1.54, 1.807) is 16.5 Å². The summed E-state index contributed by atoms with van der Waals surface area (Å²) in [5.74, 6) is 0. The van der Waals surface area contributed by atoms with Gasteiger partial charge in [0.1, 0.15) is 0 Å². The maximum absolute atomic E-state index is 12.0. The Labute approximate surface area is 140 Å². The Morgan fingerprint density at radius 3 is 2.92 bits per heavy atom. The Bertz CT molecular complexity index is 832. The van der Waals surface area contributed by atoms with E-state index in [0.717, 1.165) is 41.4 Å². The van der Waals surface area contributed by atoms with Gasteiger partial charge >= 0.3 is 11.8 Å². The fourth-order valence-corrected chi connectivity index (χ4v) is 3.04. The van der Waals surface area contributed by atoms with Crippen molar-refractivity contribution in [3.63, 3.8) is 0 Å². The van der Waals surface area contributed by atoms with Gasteiger partial charge in [-0.25, -0.2) is 9.59 Å². The number of carbonyl (C=O) groups excluding carboxylic acids is 1. The molecule has 0 radical (unpaired) electrons. The van der Waals surface area contributed by atoms with Crippen molar-refractivity contribution in [2.45, 2.75) is 26.2 Å². The minimum absolute atomic E-state index is 0.116. The minimum Gasteiger partial charge on any atom is -0.449 e. The molecular weight excluding hydrogens is 306 g/mol. The van der Waals surface area contributed by atoms with Crippen LogP contribution in [0.25, 0.3) is 16.6 Å². The number of H-pyrrole nitrogens is 1. The lowest BCUT2D eigenvalue weighted by molar-refractivity contribution is 0.105. The number of nitrogens with one attached hydrogen (secondary N) is 1. The number of aromatic nitrogens is 2. The fourth-order valence-electron chi connectivity index (χ4n) is 3.04. The second-order valence-electron chi connectivity index (χ2n) is 6.08. The number of nitrogens with zero attached hydrogens (tertiary/aromatic N) is 2. The highest BCUT2D eigenvalue weighted by Crippen LogP contribution is 2.28. The summed E-state index contributed by atoms with van der Waals surface area (Å²) in [6.07, 6.45) is 4.46. The molecule has 0 saturated carbocycles. The van der Waals surface area contributed by atoms with Crippen molar-refractivity contribution >= 4 is 22.7 Å². The zero-order chi connectivity index (χ0) is 17.1. The molecule has 1 N–H and O–H groups in total. The number of fused-ring (bicyclic) bond motifs is 1. The van der Waals surface area contributed by atoms with E-state index in [0.29, 0.717) is 19.7 Å². The smallest absolute Gasteiger partial charge is 0.410 e. The number of carbonyl (C=O) groups is 1. The molecule has 1 aromatic heterocycles. The van der Waals surface area contributed by atoms with Crippen molar-refractivity contribution in [3.8, 4) is 0 Å². The number of amides is 1. The van der Waals surface area contributed by atoms with E-state index in [1.807, 2.05) is 18.2 Å². The number of aryl methyl sites for hydroxylation is 1. The number of hydrogen-bond acceptors (Lipinski definition) is 3. The predicted octanol–water partition coefficient (Wildman–Crippen LogP) is 2.89. The molecule has 2 aromatic rings. The summed E-state index contributed by atoms with van der Waals surface area (Å²) in [6, 6.07) is 5.87. The van der Waals surface area contributed by atoms with Crippen LogP contribution in [0.1, 0.15) is 31.7 Å². The first kappa shape index (κ1) is 16.4. The van der Waals surface area contributed by atoms with Crippen LogP contribution in [-0.4, -0.2) is 40.2 Å². The van der Waals surface area contributed by atoms with Crippen LogP contribution in [-0.2, 0) is 11.8 Å². The average Bonchev–Trinajstić information content (AvgIpc) is 2.90. The molecule has 2 heterocycles. The van der Waals surface area contributed by atoms with Gasteiger partial charge in [0.25, 0.3) is 0 Å². The van der Waals surface area contributed by atoms with Crippen LogP contribution in [0, 0.1) is 0 Å². The van der Waals surface area contributed by atoms with Gasteiger partial charge in [0, 0.05) is 25.7 Å². The SMILES string of the molecule is CCCCOC(=O)N1CC=C(c2cccc3[nH]c(=O)n(C)c23)CC1. The highest BCUT2D eigenvalue weighted by molar-refractivity contribution is 5.90. The highest BCUT2D eigenvalue weighted by Gasteiger charge is 2.20. The van der Waals surface area contributed by atoms with E-state index in [-0.39, 0.29) is 11.8 Å². The van der Waals surface area contributed by atoms with Gasteiger partial charge in [0.2, 0.25) is 0 Å². The van der Waals surface area contributed by atoms with Crippen molar-refractivity contribution in [3.05, 3.63) is 40.3 Å². The number of ether oxygens (including phenoxy) is 1. The number of hydrogen-bond donors (Lipinski definition) is 1. The standard InChI is InChI=1S/C18H23N3O3/c1-3-4-12-24-18(23)21-10-8-13(9-11-21)14-6-5-7-15-16(14)20(2)17(22)19-15/h5-8H,3-4,9-12H2,1-2H3,(H,19,22). The Morgan fingerprint density at radius 2 is 2.21 bits per heavy atom. The molecule has 1 aliphatic rings. The molecule has 0 saturated heterocycles. The van der Waals surface area contributed by atoms with Crippen molar-refractivity contribution in [1.29, 1.82) is 0 Å². The molecule has 0 aliphatic carbocycles. The van der Waals surface area contributed by atoms with Gasteiger partial charge in [-0.1, -0.05) is 31.6 Å². The lowest BCUT2D eigenvalue weighted by Crippen LogP contribution is -2.35. The van der Waals surface area contributed by atoms with Crippen LogP contribution in [0.3, 0.4) is 0 Å². The summed E-state index contributed by atoms with van der Waals surface area (Å²) in [5, 5.41) is 0. The summed E-state index contributed by atoms with van der Waals surface area (Å²) in [6.45, 7) is 3.71. The number of imidazole rings is 1. The minimum atomic E-state index is -0.244. The molecule has 0 spiro atoms. The largest absolute Gasteiger partial charge is 0.449 e. The maximum atomic E-state index is 12.0. The van der Waals surface area contributed by atoms with Crippen molar-refractivity contribution in [2.75, 3.05) is 19.7 Å². The van der Waals surface area contributed by atoms with Crippen LogP contribution in [0.5, 0.6) is 0 Å². The first-order chi connectivity index (χ1) is 11.6. The number of unbranched alkanes of at least 4 members (excludes halogenated alkanes) is 1. The molecule has 0 fully saturated rings.